The van der Waals surface area contributed by atoms with Gasteiger partial charge in [0, 0.05) is 28.5 Å². The summed E-state index contributed by atoms with van der Waals surface area (Å²) in [7, 11) is -12.4. The van der Waals surface area contributed by atoms with Gasteiger partial charge in [0.05, 0.1) is 45.6 Å². The molecule has 2 aliphatic carbocycles. The van der Waals surface area contributed by atoms with E-state index in [0.29, 0.717) is 22.9 Å². The van der Waals surface area contributed by atoms with E-state index in [1.165, 1.54) is 60.7 Å². The Morgan fingerprint density at radius 2 is 0.985 bits per heavy atom. The summed E-state index contributed by atoms with van der Waals surface area (Å²) in [6.07, 6.45) is 1.12. The molecular weight excluding hydrogens is 968 g/mol. The number of aliphatic hydroxyl groups is 1. The fourth-order valence-corrected chi connectivity index (χ4v) is 16.1. The van der Waals surface area contributed by atoms with Gasteiger partial charge in [-0.25, -0.2) is 34.4 Å². The minimum atomic E-state index is -4.27. The monoisotopic (exact) mass is 1010 g/mol. The van der Waals surface area contributed by atoms with Crippen LogP contribution in [0.15, 0.2) is 112 Å². The molecule has 352 valence electrons. The van der Waals surface area contributed by atoms with Crippen molar-refractivity contribution < 1.29 is 61.6 Å². The molecule has 10 nitrogen and oxygen atoms in total. The highest BCUT2D eigenvalue weighted by molar-refractivity contribution is 7.92. The van der Waals surface area contributed by atoms with Crippen LogP contribution >= 0.6 is 23.2 Å². The normalized spacial score (nSPS) is 24.8. The lowest BCUT2D eigenvalue weighted by Crippen LogP contribution is -2.52. The van der Waals surface area contributed by atoms with E-state index >= 15 is 4.39 Å². The fourth-order valence-electron chi connectivity index (χ4n) is 10.1. The minimum absolute atomic E-state index is 0.000796. The molecule has 0 bridgehead atoms. The number of aliphatic hydroxyl groups excluding tert-OH is 1. The van der Waals surface area contributed by atoms with Crippen molar-refractivity contribution in [2.24, 2.45) is 23.7 Å². The highest BCUT2D eigenvalue weighted by Gasteiger charge is 2.61. The highest BCUT2D eigenvalue weighted by Crippen LogP contribution is 2.59. The largest absolute Gasteiger partial charge is 0.490 e. The minimum Gasteiger partial charge on any atom is -0.490 e. The molecule has 5 aromatic rings. The average molecular weight is 1010 g/mol. The molecule has 19 heteroatoms. The standard InChI is InChI=1S/C27H25ClF2O6S2.C20H19ClF2O4S/c1-17-2-6-22(7-3-17)38(33,34)36-15-18-12-13-27(37(31,32)21-8-4-20(28)5-9-21)19(14-18)16-35-26-24(30)11-10-23(29)25(26)27;21-14-1-3-15(4-2-14)28(25,26)20-8-7-12(10-24)9-13(20)11-27-19-17(23)6-5-16(22)18(19)20/h2-11,18-19H,12-16H2,1H3;1-6,12-13,24H,7-11H2/t18-,19-,27+;12-,13-,20+/m11/s1. The van der Waals surface area contributed by atoms with Crippen LogP contribution in [-0.2, 0) is 43.5 Å². The van der Waals surface area contributed by atoms with E-state index in [1.54, 1.807) is 12.1 Å². The van der Waals surface area contributed by atoms with Crippen molar-refractivity contribution in [1.29, 1.82) is 0 Å². The number of ether oxygens (including phenoxy) is 2. The van der Waals surface area contributed by atoms with Gasteiger partial charge in [-0.3, -0.25) is 4.18 Å². The van der Waals surface area contributed by atoms with Gasteiger partial charge < -0.3 is 14.6 Å². The molecule has 2 aliphatic heterocycles. The summed E-state index contributed by atoms with van der Waals surface area (Å²) in [6, 6.07) is 21.2. The summed E-state index contributed by atoms with van der Waals surface area (Å²) in [5.41, 5.74) is 0.334. The predicted octanol–water partition coefficient (Wildman–Crippen LogP) is 9.90. The lowest BCUT2D eigenvalue weighted by Gasteiger charge is -2.49. The predicted molar refractivity (Wildman–Crippen MR) is 237 cm³/mol. The van der Waals surface area contributed by atoms with E-state index in [0.717, 1.165) is 29.8 Å². The molecule has 0 spiro atoms. The number of hydrogen-bond acceptors (Lipinski definition) is 10. The third kappa shape index (κ3) is 8.29. The first-order chi connectivity index (χ1) is 31.3. The van der Waals surface area contributed by atoms with Crippen molar-refractivity contribution >= 4 is 53.0 Å². The number of aryl methyl sites for hydroxylation is 1. The van der Waals surface area contributed by atoms with Crippen LogP contribution in [0.2, 0.25) is 10.0 Å². The van der Waals surface area contributed by atoms with Gasteiger partial charge in [0.15, 0.2) is 42.8 Å². The summed E-state index contributed by atoms with van der Waals surface area (Å²) in [5.74, 6) is -5.91. The second kappa shape index (κ2) is 18.4. The zero-order valence-corrected chi connectivity index (χ0v) is 39.2. The molecule has 2 heterocycles. The number of fused-ring (bicyclic) bond motifs is 6. The highest BCUT2D eigenvalue weighted by atomic mass is 35.5. The van der Waals surface area contributed by atoms with Gasteiger partial charge in [-0.2, -0.15) is 8.42 Å². The Hall–Kier alpha value is -4.23. The maximum Gasteiger partial charge on any atom is 0.296 e. The molecule has 0 unspecified atom stereocenters. The molecule has 66 heavy (non-hydrogen) atoms. The lowest BCUT2D eigenvalue weighted by atomic mass is 9.69. The van der Waals surface area contributed by atoms with Crippen LogP contribution in [0, 0.1) is 53.9 Å². The van der Waals surface area contributed by atoms with Gasteiger partial charge in [0.25, 0.3) is 10.1 Å². The molecule has 0 saturated heterocycles. The van der Waals surface area contributed by atoms with E-state index in [2.05, 4.69) is 0 Å². The molecule has 0 aromatic heterocycles. The SMILES string of the molecule is Cc1ccc(S(=O)(=O)OC[C@@H]2CC[C@@]3(S(=O)(=O)c4ccc(Cl)cc4)c4c(F)ccc(F)c4OC[C@H]3C2)cc1.O=S(=O)(c1ccc(Cl)cc1)[C@@]12CC[C@@H](CO)C[C@@H]1COc1c(F)ccc(F)c12. The maximum atomic E-state index is 15.4. The number of sulfone groups is 2. The second-order valence-corrected chi connectivity index (χ2v) is 24.1. The Labute approximate surface area is 390 Å². The van der Waals surface area contributed by atoms with E-state index < -0.39 is 80.1 Å². The number of hydrogen-bond donors (Lipinski definition) is 1. The molecule has 9 rings (SSSR count). The molecule has 6 atom stereocenters. The van der Waals surface area contributed by atoms with Gasteiger partial charge in [-0.1, -0.05) is 40.9 Å². The summed E-state index contributed by atoms with van der Waals surface area (Å²) in [6.45, 7) is 1.33. The van der Waals surface area contributed by atoms with Crippen LogP contribution in [0.4, 0.5) is 17.6 Å². The average Bonchev–Trinajstić information content (AvgIpc) is 3.30. The van der Waals surface area contributed by atoms with Crippen molar-refractivity contribution in [3.05, 3.63) is 147 Å². The molecular formula is C47H44Cl2F4O10S3. The number of halogens is 6. The Bertz CT molecular complexity index is 2980. The first-order valence-corrected chi connectivity index (χ1v) is 26.2. The Kier molecular flexibility index (Phi) is 13.4. The van der Waals surface area contributed by atoms with Gasteiger partial charge in [-0.05, 0) is 142 Å². The van der Waals surface area contributed by atoms with Crippen molar-refractivity contribution in [1.82, 2.24) is 0 Å². The molecule has 2 saturated carbocycles. The molecule has 1 N–H and O–H groups in total. The van der Waals surface area contributed by atoms with Crippen LogP contribution in [0.3, 0.4) is 0 Å². The van der Waals surface area contributed by atoms with Crippen LogP contribution in [0.1, 0.15) is 55.2 Å². The van der Waals surface area contributed by atoms with Crippen molar-refractivity contribution in [2.75, 3.05) is 26.4 Å². The van der Waals surface area contributed by atoms with Gasteiger partial charge >= 0.3 is 0 Å². The van der Waals surface area contributed by atoms with E-state index in [9.17, 15) is 43.5 Å². The van der Waals surface area contributed by atoms with E-state index in [1.807, 2.05) is 6.92 Å². The smallest absolute Gasteiger partial charge is 0.296 e. The molecule has 4 aliphatic rings. The summed E-state index contributed by atoms with van der Waals surface area (Å²) in [4.78, 5) is -0.0491. The van der Waals surface area contributed by atoms with Crippen LogP contribution in [-0.4, -0.2) is 56.8 Å². The van der Waals surface area contributed by atoms with Crippen molar-refractivity contribution in [3.8, 4) is 11.5 Å². The molecule has 0 amide bonds. The molecule has 2 fully saturated rings. The fraction of sp³-hybridized carbons (Fsp3) is 0.362. The summed E-state index contributed by atoms with van der Waals surface area (Å²) < 4.78 is 154. The van der Waals surface area contributed by atoms with E-state index in [4.69, 9.17) is 36.9 Å². The van der Waals surface area contributed by atoms with Crippen LogP contribution < -0.4 is 9.47 Å². The third-order valence-corrected chi connectivity index (χ3v) is 20.4. The quantitative estimate of drug-likeness (QED) is 0.112. The maximum absolute atomic E-state index is 15.4. The Balaban J connectivity index is 0.000000188. The van der Waals surface area contributed by atoms with Gasteiger partial charge in [-0.15, -0.1) is 0 Å². The van der Waals surface area contributed by atoms with Crippen molar-refractivity contribution in [3.63, 3.8) is 0 Å². The number of benzene rings is 5. The first kappa shape index (κ1) is 48.2. The second-order valence-electron chi connectivity index (χ2n) is 17.2. The Morgan fingerprint density at radius 3 is 1.42 bits per heavy atom. The summed E-state index contributed by atoms with van der Waals surface area (Å²) in [5, 5.41) is 10.3. The summed E-state index contributed by atoms with van der Waals surface area (Å²) >= 11 is 11.9. The zero-order chi connectivity index (χ0) is 47.4. The first-order valence-electron chi connectivity index (χ1n) is 21.1. The van der Waals surface area contributed by atoms with Crippen LogP contribution in [0.25, 0.3) is 0 Å². The molecule has 5 aromatic carbocycles. The van der Waals surface area contributed by atoms with E-state index in [-0.39, 0.29) is 95.5 Å². The zero-order valence-electron chi connectivity index (χ0n) is 35.2. The van der Waals surface area contributed by atoms with Crippen molar-refractivity contribution in [2.45, 2.75) is 69.6 Å². The Morgan fingerprint density at radius 1 is 0.591 bits per heavy atom. The topological polar surface area (TPSA) is 150 Å². The third-order valence-electron chi connectivity index (χ3n) is 13.5. The van der Waals surface area contributed by atoms with Gasteiger partial charge in [0.1, 0.15) is 21.1 Å². The van der Waals surface area contributed by atoms with Gasteiger partial charge in [0.2, 0.25) is 0 Å². The number of rotatable bonds is 9. The molecule has 0 radical (unpaired) electrons. The lowest BCUT2D eigenvalue weighted by molar-refractivity contribution is 0.0744. The van der Waals surface area contributed by atoms with Crippen LogP contribution in [0.5, 0.6) is 11.5 Å².